The largest absolute Gasteiger partial charge is 0.355 e. The maximum atomic E-state index is 12.5. The smallest absolute Gasteiger partial charge is 0.241 e. The Hall–Kier alpha value is -2.06. The topological polar surface area (TPSA) is 71.3 Å². The summed E-state index contributed by atoms with van der Waals surface area (Å²) >= 11 is 13.8. The van der Waals surface area contributed by atoms with Crippen molar-refractivity contribution in [2.75, 3.05) is 25.4 Å². The number of amides is 1. The Morgan fingerprint density at radius 1 is 1.12 bits per heavy atom. The van der Waals surface area contributed by atoms with E-state index in [9.17, 15) is 4.79 Å². The summed E-state index contributed by atoms with van der Waals surface area (Å²) in [5, 5.41) is 8.30. The molecule has 4 rings (SSSR count). The van der Waals surface area contributed by atoms with Crippen LogP contribution in [0.3, 0.4) is 0 Å². The first-order valence-electron chi connectivity index (χ1n) is 11.0. The average molecular weight is 505 g/mol. The third kappa shape index (κ3) is 6.96. The number of carbonyl (C=O) groups excluding carboxylic acids is 1. The van der Waals surface area contributed by atoms with Crippen molar-refractivity contribution in [2.45, 2.75) is 25.1 Å². The Morgan fingerprint density at radius 2 is 1.91 bits per heavy atom. The highest BCUT2D eigenvalue weighted by molar-refractivity contribution is 7.98. The molecule has 6 nitrogen and oxygen atoms in total. The quantitative estimate of drug-likeness (QED) is 0.398. The van der Waals surface area contributed by atoms with E-state index in [2.05, 4.69) is 20.4 Å². The lowest BCUT2D eigenvalue weighted by molar-refractivity contribution is -0.126. The van der Waals surface area contributed by atoms with Crippen molar-refractivity contribution in [3.05, 3.63) is 70.0 Å². The van der Waals surface area contributed by atoms with Crippen molar-refractivity contribution < 1.29 is 9.32 Å². The molecule has 9 heteroatoms. The molecule has 1 aromatic heterocycles. The predicted octanol–water partition coefficient (Wildman–Crippen LogP) is 5.31. The number of piperidine rings is 1. The van der Waals surface area contributed by atoms with Gasteiger partial charge in [-0.25, -0.2) is 0 Å². The molecule has 0 radical (unpaired) electrons. The summed E-state index contributed by atoms with van der Waals surface area (Å²) in [6.45, 7) is 2.95. The maximum Gasteiger partial charge on any atom is 0.241 e. The molecule has 1 N–H and O–H groups in total. The second-order valence-corrected chi connectivity index (χ2v) is 9.94. The summed E-state index contributed by atoms with van der Waals surface area (Å²) in [4.78, 5) is 19.3. The van der Waals surface area contributed by atoms with Crippen LogP contribution in [0.25, 0.3) is 11.4 Å². The Labute approximate surface area is 208 Å². The van der Waals surface area contributed by atoms with Crippen molar-refractivity contribution in [3.63, 3.8) is 0 Å². The van der Waals surface area contributed by atoms with Gasteiger partial charge in [-0.2, -0.15) is 16.7 Å². The van der Waals surface area contributed by atoms with Crippen molar-refractivity contribution in [1.29, 1.82) is 0 Å². The number of rotatable bonds is 9. The summed E-state index contributed by atoms with van der Waals surface area (Å²) in [5.74, 6) is 3.11. The minimum absolute atomic E-state index is 0.0592. The van der Waals surface area contributed by atoms with E-state index in [4.69, 9.17) is 27.7 Å². The van der Waals surface area contributed by atoms with Crippen LogP contribution in [-0.2, 0) is 17.1 Å². The van der Waals surface area contributed by atoms with Gasteiger partial charge in [0, 0.05) is 29.5 Å². The van der Waals surface area contributed by atoms with Gasteiger partial charge in [-0.3, -0.25) is 9.69 Å². The highest BCUT2D eigenvalue weighted by Crippen LogP contribution is 2.25. The van der Waals surface area contributed by atoms with Crippen molar-refractivity contribution in [1.82, 2.24) is 20.4 Å². The Balaban J connectivity index is 1.13. The van der Waals surface area contributed by atoms with Gasteiger partial charge in [-0.1, -0.05) is 64.8 Å². The fraction of sp³-hybridized carbons (Fsp3) is 0.375. The zero-order chi connectivity index (χ0) is 23.0. The summed E-state index contributed by atoms with van der Waals surface area (Å²) in [6, 6.07) is 15.5. The first-order valence-corrected chi connectivity index (χ1v) is 12.9. The molecule has 33 heavy (non-hydrogen) atoms. The van der Waals surface area contributed by atoms with Gasteiger partial charge >= 0.3 is 0 Å². The lowest BCUT2D eigenvalue weighted by atomic mass is 9.96. The molecular formula is C24H26Cl2N4O2S. The van der Waals surface area contributed by atoms with Gasteiger partial charge in [0.1, 0.15) is 0 Å². The average Bonchev–Trinajstić information content (AvgIpc) is 3.30. The van der Waals surface area contributed by atoms with Gasteiger partial charge < -0.3 is 9.84 Å². The van der Waals surface area contributed by atoms with Crippen LogP contribution < -0.4 is 5.32 Å². The molecule has 3 aromatic rings. The first kappa shape index (κ1) is 24.1. The fourth-order valence-electron chi connectivity index (χ4n) is 3.78. The molecule has 0 aliphatic carbocycles. The van der Waals surface area contributed by atoms with Crippen LogP contribution in [-0.4, -0.2) is 46.3 Å². The molecule has 1 amide bonds. The van der Waals surface area contributed by atoms with Crippen LogP contribution in [0.1, 0.15) is 24.3 Å². The molecule has 1 aliphatic rings. The van der Waals surface area contributed by atoms with Gasteiger partial charge in [0.25, 0.3) is 0 Å². The van der Waals surface area contributed by atoms with E-state index in [1.54, 1.807) is 11.8 Å². The number of halogens is 2. The zero-order valence-corrected chi connectivity index (χ0v) is 20.5. The number of aromatic nitrogens is 2. The monoisotopic (exact) mass is 504 g/mol. The molecule has 0 spiro atoms. The van der Waals surface area contributed by atoms with E-state index >= 15 is 0 Å². The van der Waals surface area contributed by atoms with E-state index in [0.29, 0.717) is 34.8 Å². The van der Waals surface area contributed by atoms with E-state index in [1.165, 1.54) is 0 Å². The number of nitrogens with one attached hydrogen (secondary N) is 1. The minimum atomic E-state index is 0.0592. The van der Waals surface area contributed by atoms with Crippen LogP contribution in [0, 0.1) is 5.92 Å². The molecule has 0 bridgehead atoms. The second-order valence-electron chi connectivity index (χ2n) is 8.02. The van der Waals surface area contributed by atoms with E-state index in [-0.39, 0.29) is 11.8 Å². The molecule has 1 saturated heterocycles. The number of benzene rings is 2. The predicted molar refractivity (Wildman–Crippen MR) is 133 cm³/mol. The highest BCUT2D eigenvalue weighted by Gasteiger charge is 2.25. The standard InChI is InChI=1S/C24H26Cl2N4O2S/c25-20-7-6-17(14-21(20)26)16-33-13-10-27-24(31)19-8-11-30(12-9-19)15-22-28-23(29-32-22)18-4-2-1-3-5-18/h1-7,14,19H,8-13,15-16H2,(H,27,31). The molecule has 1 fully saturated rings. The zero-order valence-electron chi connectivity index (χ0n) is 18.2. The number of likely N-dealkylation sites (tertiary alicyclic amines) is 1. The van der Waals surface area contributed by atoms with Crippen molar-refractivity contribution in [2.24, 2.45) is 5.92 Å². The third-order valence-electron chi connectivity index (χ3n) is 5.62. The number of nitrogens with zero attached hydrogens (tertiary/aromatic N) is 3. The number of hydrogen-bond acceptors (Lipinski definition) is 6. The molecular weight excluding hydrogens is 479 g/mol. The van der Waals surface area contributed by atoms with Crippen LogP contribution in [0.15, 0.2) is 53.1 Å². The molecule has 174 valence electrons. The number of carbonyl (C=O) groups is 1. The maximum absolute atomic E-state index is 12.5. The van der Waals surface area contributed by atoms with Crippen molar-refractivity contribution in [3.8, 4) is 11.4 Å². The molecule has 2 heterocycles. The van der Waals surface area contributed by atoms with Gasteiger partial charge in [0.2, 0.25) is 17.6 Å². The van der Waals surface area contributed by atoms with E-state index < -0.39 is 0 Å². The molecule has 0 saturated carbocycles. The van der Waals surface area contributed by atoms with Gasteiger partial charge in [-0.05, 0) is 43.6 Å². The normalized spacial score (nSPS) is 15.0. The molecule has 2 aromatic carbocycles. The summed E-state index contributed by atoms with van der Waals surface area (Å²) in [5.41, 5.74) is 2.07. The fourth-order valence-corrected chi connectivity index (χ4v) is 4.90. The Morgan fingerprint density at radius 3 is 2.67 bits per heavy atom. The second kappa shape index (κ2) is 11.9. The lowest BCUT2D eigenvalue weighted by Crippen LogP contribution is -2.40. The molecule has 0 unspecified atom stereocenters. The van der Waals surface area contributed by atoms with Gasteiger partial charge in [0.05, 0.1) is 16.6 Å². The Bertz CT molecular complexity index is 1060. The third-order valence-corrected chi connectivity index (χ3v) is 7.38. The summed E-state index contributed by atoms with van der Waals surface area (Å²) in [6.07, 6.45) is 1.67. The number of thioether (sulfide) groups is 1. The van der Waals surface area contributed by atoms with Crippen LogP contribution in [0.2, 0.25) is 10.0 Å². The van der Waals surface area contributed by atoms with Gasteiger partial charge in [-0.15, -0.1) is 0 Å². The first-order chi connectivity index (χ1) is 16.1. The Kier molecular flexibility index (Phi) is 8.67. The van der Waals surface area contributed by atoms with Crippen LogP contribution in [0.5, 0.6) is 0 Å². The lowest BCUT2D eigenvalue weighted by Gasteiger charge is -2.30. The van der Waals surface area contributed by atoms with Gasteiger partial charge in [0.15, 0.2) is 0 Å². The minimum Gasteiger partial charge on any atom is -0.355 e. The summed E-state index contributed by atoms with van der Waals surface area (Å²) < 4.78 is 5.42. The van der Waals surface area contributed by atoms with Crippen molar-refractivity contribution >= 4 is 40.9 Å². The molecule has 0 atom stereocenters. The SMILES string of the molecule is O=C(NCCSCc1ccc(Cl)c(Cl)c1)C1CCN(Cc2nc(-c3ccccc3)no2)CC1. The highest BCUT2D eigenvalue weighted by atomic mass is 35.5. The number of hydrogen-bond donors (Lipinski definition) is 1. The molecule has 1 aliphatic heterocycles. The summed E-state index contributed by atoms with van der Waals surface area (Å²) in [7, 11) is 0. The van der Waals surface area contributed by atoms with E-state index in [1.807, 2.05) is 48.5 Å². The van der Waals surface area contributed by atoms with Crippen LogP contribution >= 0.6 is 35.0 Å². The van der Waals surface area contributed by atoms with Crippen LogP contribution in [0.4, 0.5) is 0 Å². The van der Waals surface area contributed by atoms with E-state index in [0.717, 1.165) is 48.6 Å².